The van der Waals surface area contributed by atoms with Gasteiger partial charge in [0.25, 0.3) is 0 Å². The molecule has 3 nitrogen and oxygen atoms in total. The normalized spacial score (nSPS) is 16.3. The fourth-order valence-electron chi connectivity index (χ4n) is 2.61. The van der Waals surface area contributed by atoms with E-state index in [4.69, 9.17) is 0 Å². The summed E-state index contributed by atoms with van der Waals surface area (Å²) in [6, 6.07) is 14.6. The summed E-state index contributed by atoms with van der Waals surface area (Å²) in [5.41, 5.74) is 0. The number of amides is 1. The number of hydrogen-bond donors (Lipinski definition) is 0. The van der Waals surface area contributed by atoms with Crippen LogP contribution in [0.15, 0.2) is 47.4 Å². The fraction of sp³-hybridized carbons (Fsp3) is 0.353. The van der Waals surface area contributed by atoms with Crippen molar-refractivity contribution in [2.45, 2.75) is 4.90 Å². The lowest BCUT2D eigenvalue weighted by Gasteiger charge is -2.32. The summed E-state index contributed by atoms with van der Waals surface area (Å²) >= 11 is 1.65. The van der Waals surface area contributed by atoms with E-state index >= 15 is 0 Å². The molecule has 0 aliphatic carbocycles. The third-order valence-electron chi connectivity index (χ3n) is 3.96. The fourth-order valence-corrected chi connectivity index (χ4v) is 3.59. The van der Waals surface area contributed by atoms with Crippen LogP contribution in [0.25, 0.3) is 10.8 Å². The second-order valence-electron chi connectivity index (χ2n) is 5.45. The molecule has 0 atom stereocenters. The van der Waals surface area contributed by atoms with Crippen molar-refractivity contribution in [3.8, 4) is 0 Å². The highest BCUT2D eigenvalue weighted by Crippen LogP contribution is 2.27. The Morgan fingerprint density at radius 1 is 1.05 bits per heavy atom. The van der Waals surface area contributed by atoms with E-state index in [0.29, 0.717) is 5.75 Å². The molecule has 1 aliphatic rings. The summed E-state index contributed by atoms with van der Waals surface area (Å²) < 4.78 is 0. The molecule has 4 heteroatoms. The minimum absolute atomic E-state index is 0.251. The highest BCUT2D eigenvalue weighted by molar-refractivity contribution is 8.00. The maximum Gasteiger partial charge on any atom is 0.233 e. The number of carbonyl (C=O) groups excluding carboxylic acids is 1. The van der Waals surface area contributed by atoms with E-state index in [1.165, 1.54) is 15.7 Å². The van der Waals surface area contributed by atoms with Crippen LogP contribution in [0.5, 0.6) is 0 Å². The zero-order valence-electron chi connectivity index (χ0n) is 12.3. The average molecular weight is 300 g/mol. The van der Waals surface area contributed by atoms with E-state index in [9.17, 15) is 4.79 Å². The van der Waals surface area contributed by atoms with Crippen molar-refractivity contribution in [1.29, 1.82) is 0 Å². The molecular weight excluding hydrogens is 280 g/mol. The van der Waals surface area contributed by atoms with Crippen molar-refractivity contribution >= 4 is 28.4 Å². The first-order valence-corrected chi connectivity index (χ1v) is 8.29. The number of fused-ring (bicyclic) bond motifs is 1. The number of carbonyl (C=O) groups is 1. The summed E-state index contributed by atoms with van der Waals surface area (Å²) in [6.45, 7) is 3.66. The van der Waals surface area contributed by atoms with Gasteiger partial charge in [0.05, 0.1) is 5.75 Å². The number of likely N-dealkylation sites (N-methyl/N-ethyl adjacent to an activating group) is 1. The van der Waals surface area contributed by atoms with E-state index in [-0.39, 0.29) is 5.91 Å². The Kier molecular flexibility index (Phi) is 4.46. The third-order valence-corrected chi connectivity index (χ3v) is 5.02. The van der Waals surface area contributed by atoms with Crippen LogP contribution < -0.4 is 0 Å². The molecule has 0 unspecified atom stereocenters. The molecule has 0 aromatic heterocycles. The predicted octanol–water partition coefficient (Wildman–Crippen LogP) is 2.71. The minimum Gasteiger partial charge on any atom is -0.339 e. The molecule has 0 saturated carbocycles. The van der Waals surface area contributed by atoms with Crippen molar-refractivity contribution in [2.75, 3.05) is 39.0 Å². The molecular formula is C17H20N2OS. The molecule has 0 N–H and O–H groups in total. The van der Waals surface area contributed by atoms with Gasteiger partial charge in [-0.05, 0) is 23.9 Å². The molecule has 0 bridgehead atoms. The largest absolute Gasteiger partial charge is 0.339 e. The number of benzene rings is 2. The van der Waals surface area contributed by atoms with Crippen LogP contribution in [0.2, 0.25) is 0 Å². The van der Waals surface area contributed by atoms with Gasteiger partial charge in [0, 0.05) is 31.1 Å². The van der Waals surface area contributed by atoms with Crippen LogP contribution in [0.3, 0.4) is 0 Å². The van der Waals surface area contributed by atoms with E-state index in [1.807, 2.05) is 11.0 Å². The Hall–Kier alpha value is -1.52. The van der Waals surface area contributed by atoms with E-state index < -0.39 is 0 Å². The second kappa shape index (κ2) is 6.50. The first-order chi connectivity index (χ1) is 10.2. The number of nitrogens with zero attached hydrogens (tertiary/aromatic N) is 2. The third kappa shape index (κ3) is 3.39. The van der Waals surface area contributed by atoms with Crippen LogP contribution in [-0.4, -0.2) is 54.7 Å². The van der Waals surface area contributed by atoms with Gasteiger partial charge in [0.2, 0.25) is 5.91 Å². The van der Waals surface area contributed by atoms with E-state index in [2.05, 4.69) is 48.3 Å². The van der Waals surface area contributed by atoms with Crippen molar-refractivity contribution in [2.24, 2.45) is 0 Å². The van der Waals surface area contributed by atoms with Crippen LogP contribution in [0.1, 0.15) is 0 Å². The zero-order valence-corrected chi connectivity index (χ0v) is 13.1. The molecule has 2 aromatic rings. The van der Waals surface area contributed by atoms with Gasteiger partial charge in [0.15, 0.2) is 0 Å². The standard InChI is InChI=1S/C17H20N2OS/c1-18-9-11-19(12-10-18)17(20)13-21-16-8-4-6-14-5-2-3-7-15(14)16/h2-8H,9-13H2,1H3. The molecule has 2 aromatic carbocycles. The average Bonchev–Trinajstić information content (AvgIpc) is 2.53. The smallest absolute Gasteiger partial charge is 0.233 e. The Morgan fingerprint density at radius 2 is 1.76 bits per heavy atom. The molecule has 1 heterocycles. The summed E-state index contributed by atoms with van der Waals surface area (Å²) in [7, 11) is 2.10. The van der Waals surface area contributed by atoms with Crippen molar-refractivity contribution in [3.05, 3.63) is 42.5 Å². The number of thioether (sulfide) groups is 1. The Bertz CT molecular complexity index is 630. The van der Waals surface area contributed by atoms with Crippen molar-refractivity contribution < 1.29 is 4.79 Å². The van der Waals surface area contributed by atoms with Gasteiger partial charge in [-0.15, -0.1) is 11.8 Å². The lowest BCUT2D eigenvalue weighted by molar-refractivity contribution is -0.129. The minimum atomic E-state index is 0.251. The summed E-state index contributed by atoms with van der Waals surface area (Å²) in [4.78, 5) is 17.7. The Morgan fingerprint density at radius 3 is 2.57 bits per heavy atom. The monoisotopic (exact) mass is 300 g/mol. The van der Waals surface area contributed by atoms with E-state index in [0.717, 1.165) is 26.2 Å². The van der Waals surface area contributed by atoms with Gasteiger partial charge < -0.3 is 9.80 Å². The highest BCUT2D eigenvalue weighted by atomic mass is 32.2. The van der Waals surface area contributed by atoms with Crippen LogP contribution in [0.4, 0.5) is 0 Å². The second-order valence-corrected chi connectivity index (χ2v) is 6.47. The lowest BCUT2D eigenvalue weighted by Crippen LogP contribution is -2.47. The molecule has 110 valence electrons. The van der Waals surface area contributed by atoms with Crippen LogP contribution in [0, 0.1) is 0 Å². The first kappa shape index (κ1) is 14.4. The summed E-state index contributed by atoms with van der Waals surface area (Å²) in [5.74, 6) is 0.776. The number of piperazine rings is 1. The van der Waals surface area contributed by atoms with Gasteiger partial charge in [0.1, 0.15) is 0 Å². The van der Waals surface area contributed by atoms with Gasteiger partial charge in [-0.25, -0.2) is 0 Å². The van der Waals surface area contributed by atoms with E-state index in [1.54, 1.807) is 11.8 Å². The molecule has 1 aliphatic heterocycles. The molecule has 3 rings (SSSR count). The first-order valence-electron chi connectivity index (χ1n) is 7.31. The maximum atomic E-state index is 12.3. The predicted molar refractivity (Wildman–Crippen MR) is 88.7 cm³/mol. The Balaban J connectivity index is 1.65. The SMILES string of the molecule is CN1CCN(C(=O)CSc2cccc3ccccc23)CC1. The maximum absolute atomic E-state index is 12.3. The number of hydrogen-bond acceptors (Lipinski definition) is 3. The molecule has 1 fully saturated rings. The van der Waals surface area contributed by atoms with Crippen LogP contribution >= 0.6 is 11.8 Å². The Labute approximate surface area is 129 Å². The molecule has 0 radical (unpaired) electrons. The van der Waals surface area contributed by atoms with Crippen LogP contribution in [-0.2, 0) is 4.79 Å². The molecule has 1 amide bonds. The highest BCUT2D eigenvalue weighted by Gasteiger charge is 2.19. The van der Waals surface area contributed by atoms with Crippen molar-refractivity contribution in [1.82, 2.24) is 9.80 Å². The molecule has 21 heavy (non-hydrogen) atoms. The van der Waals surface area contributed by atoms with Crippen molar-refractivity contribution in [3.63, 3.8) is 0 Å². The van der Waals surface area contributed by atoms with Gasteiger partial charge in [-0.1, -0.05) is 36.4 Å². The molecule has 0 spiro atoms. The zero-order chi connectivity index (χ0) is 14.7. The van der Waals surface area contributed by atoms with Gasteiger partial charge >= 0.3 is 0 Å². The quantitative estimate of drug-likeness (QED) is 0.814. The van der Waals surface area contributed by atoms with Gasteiger partial charge in [-0.3, -0.25) is 4.79 Å². The lowest BCUT2D eigenvalue weighted by atomic mass is 10.1. The number of rotatable bonds is 3. The topological polar surface area (TPSA) is 23.6 Å². The summed E-state index contributed by atoms with van der Waals surface area (Å²) in [5, 5.41) is 2.46. The molecule has 1 saturated heterocycles. The summed E-state index contributed by atoms with van der Waals surface area (Å²) in [6.07, 6.45) is 0. The van der Waals surface area contributed by atoms with Gasteiger partial charge in [-0.2, -0.15) is 0 Å².